The van der Waals surface area contributed by atoms with E-state index >= 15 is 0 Å². The molecule has 0 unspecified atom stereocenters. The number of likely N-dealkylation sites (tertiary alicyclic amines) is 1. The zero-order valence-electron chi connectivity index (χ0n) is 18.8. The lowest BCUT2D eigenvalue weighted by Crippen LogP contribution is -2.42. The van der Waals surface area contributed by atoms with E-state index < -0.39 is 0 Å². The number of carbonyl (C=O) groups excluding carboxylic acids is 1. The van der Waals surface area contributed by atoms with Gasteiger partial charge in [0, 0.05) is 28.3 Å². The second-order valence-corrected chi connectivity index (χ2v) is 10.1. The van der Waals surface area contributed by atoms with Crippen molar-refractivity contribution in [2.24, 2.45) is 5.92 Å². The fraction of sp³-hybridized carbons (Fsp3) is 0.259. The van der Waals surface area contributed by atoms with Crippen molar-refractivity contribution in [3.05, 3.63) is 93.7 Å². The molecule has 7 heteroatoms. The van der Waals surface area contributed by atoms with Crippen LogP contribution in [0.3, 0.4) is 0 Å². The van der Waals surface area contributed by atoms with Crippen LogP contribution in [0.25, 0.3) is 16.7 Å². The first kappa shape index (κ1) is 23.1. The zero-order valence-corrected chi connectivity index (χ0v) is 21.1. The van der Waals surface area contributed by atoms with Crippen molar-refractivity contribution < 1.29 is 4.79 Å². The van der Waals surface area contributed by atoms with Gasteiger partial charge < -0.3 is 5.32 Å². The lowest BCUT2D eigenvalue weighted by molar-refractivity contribution is -0.127. The molecule has 0 bridgehead atoms. The van der Waals surface area contributed by atoms with Crippen molar-refractivity contribution in [3.8, 4) is 5.69 Å². The maximum absolute atomic E-state index is 12.9. The van der Waals surface area contributed by atoms with Gasteiger partial charge in [-0.2, -0.15) is 0 Å². The highest BCUT2D eigenvalue weighted by Crippen LogP contribution is 2.26. The fourth-order valence-electron chi connectivity index (χ4n) is 4.63. The Morgan fingerprint density at radius 1 is 1.09 bits per heavy atom. The number of fused-ring (bicyclic) bond motifs is 1. The Balaban J connectivity index is 1.31. The highest BCUT2D eigenvalue weighted by Gasteiger charge is 2.27. The van der Waals surface area contributed by atoms with Crippen molar-refractivity contribution >= 4 is 44.5 Å². The molecule has 5 rings (SSSR count). The molecule has 1 aliphatic rings. The minimum Gasteiger partial charge on any atom is -0.352 e. The number of piperidine rings is 1. The predicted octanol–water partition coefficient (Wildman–Crippen LogP) is 5.97. The van der Waals surface area contributed by atoms with E-state index in [-0.39, 0.29) is 11.8 Å². The summed E-state index contributed by atoms with van der Waals surface area (Å²) in [5.41, 5.74) is 4.19. The molecule has 0 radical (unpaired) electrons. The van der Waals surface area contributed by atoms with Crippen molar-refractivity contribution in [3.63, 3.8) is 0 Å². The topological polar surface area (TPSA) is 50.2 Å². The van der Waals surface area contributed by atoms with Crippen LogP contribution in [-0.4, -0.2) is 33.4 Å². The first-order valence-corrected chi connectivity index (χ1v) is 12.7. The number of amides is 1. The quantitative estimate of drug-likeness (QED) is 0.330. The maximum atomic E-state index is 12.9. The number of hydrogen-bond acceptors (Lipinski definition) is 3. The van der Waals surface area contributed by atoms with Crippen LogP contribution in [0, 0.1) is 5.92 Å². The predicted molar refractivity (Wildman–Crippen MR) is 140 cm³/mol. The van der Waals surface area contributed by atoms with Gasteiger partial charge in [0.2, 0.25) is 5.91 Å². The standard InChI is InChI=1S/C27H26BrClN4O/c28-21-6-3-7-23(15-21)33-25-9-2-1-8-24(25)31-26(33)18-32-14-4-5-20(17-32)27(34)30-16-19-10-12-22(29)13-11-19/h1-3,6-13,15,20H,4-5,14,16-18H2,(H,30,34)/t20-/m1/s1. The van der Waals surface area contributed by atoms with Crippen LogP contribution >= 0.6 is 27.5 Å². The van der Waals surface area contributed by atoms with Crippen LogP contribution in [0.2, 0.25) is 5.02 Å². The Morgan fingerprint density at radius 2 is 1.91 bits per heavy atom. The summed E-state index contributed by atoms with van der Waals surface area (Å²) in [6, 6.07) is 24.1. The summed E-state index contributed by atoms with van der Waals surface area (Å²) in [6.45, 7) is 2.91. The Labute approximate surface area is 212 Å². The fourth-order valence-corrected chi connectivity index (χ4v) is 5.15. The second kappa shape index (κ2) is 10.3. The lowest BCUT2D eigenvalue weighted by atomic mass is 9.97. The lowest BCUT2D eigenvalue weighted by Gasteiger charge is -2.31. The first-order valence-electron chi connectivity index (χ1n) is 11.5. The summed E-state index contributed by atoms with van der Waals surface area (Å²) >= 11 is 9.56. The van der Waals surface area contributed by atoms with Crippen LogP contribution in [0.5, 0.6) is 0 Å². The summed E-state index contributed by atoms with van der Waals surface area (Å²) in [5, 5.41) is 3.80. The number of para-hydroxylation sites is 2. The van der Waals surface area contributed by atoms with Gasteiger partial charge in [-0.05, 0) is 67.4 Å². The third kappa shape index (κ3) is 5.19. The minimum absolute atomic E-state index is 0.0234. The van der Waals surface area contributed by atoms with Gasteiger partial charge in [0.05, 0.1) is 23.5 Å². The molecule has 1 saturated heterocycles. The van der Waals surface area contributed by atoms with E-state index in [4.69, 9.17) is 16.6 Å². The highest BCUT2D eigenvalue weighted by atomic mass is 79.9. The molecule has 1 amide bonds. The molecule has 1 atom stereocenters. The molecule has 5 nitrogen and oxygen atoms in total. The SMILES string of the molecule is O=C(NCc1ccc(Cl)cc1)[C@@H]1CCCN(Cc2nc3ccccc3n2-c2cccc(Br)c2)C1. The van der Waals surface area contributed by atoms with Gasteiger partial charge in [0.1, 0.15) is 5.82 Å². The van der Waals surface area contributed by atoms with Crippen LogP contribution < -0.4 is 5.32 Å². The van der Waals surface area contributed by atoms with Crippen molar-refractivity contribution in [1.82, 2.24) is 19.8 Å². The summed E-state index contributed by atoms with van der Waals surface area (Å²) in [5.74, 6) is 1.08. The molecule has 4 aromatic rings. The number of nitrogens with one attached hydrogen (secondary N) is 1. The van der Waals surface area contributed by atoms with E-state index in [9.17, 15) is 4.79 Å². The minimum atomic E-state index is -0.0234. The monoisotopic (exact) mass is 536 g/mol. The van der Waals surface area contributed by atoms with Crippen LogP contribution in [0.4, 0.5) is 0 Å². The molecule has 174 valence electrons. The van der Waals surface area contributed by atoms with Gasteiger partial charge in [-0.1, -0.05) is 57.9 Å². The van der Waals surface area contributed by atoms with Gasteiger partial charge in [-0.3, -0.25) is 14.3 Å². The largest absolute Gasteiger partial charge is 0.352 e. The summed E-state index contributed by atoms with van der Waals surface area (Å²) in [4.78, 5) is 20.2. The second-order valence-electron chi connectivity index (χ2n) is 8.75. The summed E-state index contributed by atoms with van der Waals surface area (Å²) in [7, 11) is 0. The molecule has 3 aromatic carbocycles. The van der Waals surface area contributed by atoms with Crippen LogP contribution in [0.1, 0.15) is 24.2 Å². The van der Waals surface area contributed by atoms with Gasteiger partial charge >= 0.3 is 0 Å². The smallest absolute Gasteiger partial charge is 0.224 e. The molecule has 2 heterocycles. The van der Waals surface area contributed by atoms with Crippen LogP contribution in [-0.2, 0) is 17.9 Å². The number of rotatable bonds is 6. The Bertz CT molecular complexity index is 1300. The number of imidazole rings is 1. The molecular formula is C27H26BrClN4O. The summed E-state index contributed by atoms with van der Waals surface area (Å²) in [6.07, 6.45) is 1.90. The molecule has 1 aliphatic heterocycles. The number of halogens is 2. The first-order chi connectivity index (χ1) is 16.6. The van der Waals surface area contributed by atoms with Gasteiger partial charge in [0.25, 0.3) is 0 Å². The van der Waals surface area contributed by atoms with E-state index in [0.717, 1.165) is 58.5 Å². The molecular weight excluding hydrogens is 512 g/mol. The third-order valence-corrected chi connectivity index (χ3v) is 7.06. The maximum Gasteiger partial charge on any atom is 0.224 e. The molecule has 34 heavy (non-hydrogen) atoms. The van der Waals surface area contributed by atoms with Crippen molar-refractivity contribution in [2.45, 2.75) is 25.9 Å². The van der Waals surface area contributed by atoms with Gasteiger partial charge in [-0.25, -0.2) is 4.98 Å². The Morgan fingerprint density at radius 3 is 2.74 bits per heavy atom. The number of carbonyl (C=O) groups is 1. The van der Waals surface area contributed by atoms with E-state index in [1.165, 1.54) is 0 Å². The number of benzene rings is 3. The molecule has 1 N–H and O–H groups in total. The highest BCUT2D eigenvalue weighted by molar-refractivity contribution is 9.10. The number of nitrogens with zero attached hydrogens (tertiary/aromatic N) is 3. The van der Waals surface area contributed by atoms with E-state index in [1.807, 2.05) is 48.5 Å². The van der Waals surface area contributed by atoms with Gasteiger partial charge in [0.15, 0.2) is 0 Å². The molecule has 1 aromatic heterocycles. The Hall–Kier alpha value is -2.67. The van der Waals surface area contributed by atoms with Crippen molar-refractivity contribution in [1.29, 1.82) is 0 Å². The zero-order chi connectivity index (χ0) is 23.5. The van der Waals surface area contributed by atoms with E-state index in [1.54, 1.807) is 0 Å². The van der Waals surface area contributed by atoms with Gasteiger partial charge in [-0.15, -0.1) is 0 Å². The average Bonchev–Trinajstić information content (AvgIpc) is 3.21. The Kier molecular flexibility index (Phi) is 6.99. The average molecular weight is 538 g/mol. The molecule has 0 aliphatic carbocycles. The number of aromatic nitrogens is 2. The van der Waals surface area contributed by atoms with Crippen LogP contribution in [0.15, 0.2) is 77.3 Å². The normalized spacial score (nSPS) is 16.6. The van der Waals surface area contributed by atoms with E-state index in [0.29, 0.717) is 18.1 Å². The molecule has 1 fully saturated rings. The third-order valence-electron chi connectivity index (χ3n) is 6.32. The molecule has 0 saturated carbocycles. The molecule has 0 spiro atoms. The van der Waals surface area contributed by atoms with Crippen molar-refractivity contribution in [2.75, 3.05) is 13.1 Å². The summed E-state index contributed by atoms with van der Waals surface area (Å²) < 4.78 is 3.26. The number of hydrogen-bond donors (Lipinski definition) is 1. The van der Waals surface area contributed by atoms with E-state index in [2.05, 4.69) is 55.0 Å².